The molecule has 1 atom stereocenters. The van der Waals surface area contributed by atoms with Gasteiger partial charge < -0.3 is 5.32 Å². The molecule has 0 spiro atoms. The molecule has 1 saturated carbocycles. The average Bonchev–Trinajstić information content (AvgIpc) is 2.88. The lowest BCUT2D eigenvalue weighted by atomic mass is 9.96. The van der Waals surface area contributed by atoms with E-state index in [9.17, 15) is 0 Å². The zero-order chi connectivity index (χ0) is 11.4. The number of rotatable bonds is 5. The molecule has 4 nitrogen and oxygen atoms in total. The molecule has 4 heteroatoms. The fraction of sp³-hybridized carbons (Fsp3) is 0.833. The minimum atomic E-state index is 0.424. The lowest BCUT2D eigenvalue weighted by Crippen LogP contribution is -2.25. The van der Waals surface area contributed by atoms with Crippen molar-refractivity contribution < 1.29 is 0 Å². The van der Waals surface area contributed by atoms with E-state index in [-0.39, 0.29) is 0 Å². The standard InChI is InChI=1S/C12H22N4/c1-3-13-11(8-10-6-4-5-7-10)12-9-14-15-16(12)2/h9-11,13H,3-8H2,1-2H3. The third kappa shape index (κ3) is 2.61. The first-order chi connectivity index (χ1) is 7.81. The molecule has 1 unspecified atom stereocenters. The number of hydrogen-bond donors (Lipinski definition) is 1. The van der Waals surface area contributed by atoms with Gasteiger partial charge in [0, 0.05) is 7.05 Å². The summed E-state index contributed by atoms with van der Waals surface area (Å²) in [6.07, 6.45) is 8.73. The van der Waals surface area contributed by atoms with Crippen molar-refractivity contribution in [1.29, 1.82) is 0 Å². The molecule has 1 aliphatic carbocycles. The van der Waals surface area contributed by atoms with Crippen LogP contribution in [0.3, 0.4) is 0 Å². The molecule has 0 aromatic carbocycles. The van der Waals surface area contributed by atoms with E-state index in [1.165, 1.54) is 37.8 Å². The SMILES string of the molecule is CCNC(CC1CCCC1)c1cnnn1C. The quantitative estimate of drug-likeness (QED) is 0.829. The zero-order valence-corrected chi connectivity index (χ0v) is 10.3. The first kappa shape index (κ1) is 11.6. The fourth-order valence-corrected chi connectivity index (χ4v) is 2.75. The second-order valence-electron chi connectivity index (χ2n) is 4.78. The molecule has 1 fully saturated rings. The Morgan fingerprint density at radius 3 is 2.81 bits per heavy atom. The van der Waals surface area contributed by atoms with E-state index >= 15 is 0 Å². The maximum Gasteiger partial charge on any atom is 0.0753 e. The highest BCUT2D eigenvalue weighted by molar-refractivity contribution is 5.02. The maximum atomic E-state index is 4.02. The first-order valence-corrected chi connectivity index (χ1v) is 6.39. The van der Waals surface area contributed by atoms with Crippen molar-refractivity contribution in [3.8, 4) is 0 Å². The summed E-state index contributed by atoms with van der Waals surface area (Å²) >= 11 is 0. The highest BCUT2D eigenvalue weighted by Gasteiger charge is 2.22. The van der Waals surface area contributed by atoms with E-state index in [0.29, 0.717) is 6.04 Å². The number of aryl methyl sites for hydroxylation is 1. The van der Waals surface area contributed by atoms with Gasteiger partial charge in [-0.15, -0.1) is 5.10 Å². The van der Waals surface area contributed by atoms with Crippen LogP contribution in [-0.4, -0.2) is 21.5 Å². The summed E-state index contributed by atoms with van der Waals surface area (Å²) in [6, 6.07) is 0.424. The van der Waals surface area contributed by atoms with Crippen LogP contribution < -0.4 is 5.32 Å². The Kier molecular flexibility index (Phi) is 3.93. The second kappa shape index (κ2) is 5.43. The Labute approximate surface area is 97.4 Å². The van der Waals surface area contributed by atoms with E-state index in [1.54, 1.807) is 0 Å². The van der Waals surface area contributed by atoms with Gasteiger partial charge in [-0.3, -0.25) is 4.68 Å². The zero-order valence-electron chi connectivity index (χ0n) is 10.3. The summed E-state index contributed by atoms with van der Waals surface area (Å²) in [4.78, 5) is 0. The molecule has 90 valence electrons. The predicted octanol–water partition coefficient (Wildman–Crippen LogP) is 2.05. The van der Waals surface area contributed by atoms with Crippen LogP contribution in [0.15, 0.2) is 6.20 Å². The monoisotopic (exact) mass is 222 g/mol. The van der Waals surface area contributed by atoms with Gasteiger partial charge in [0.25, 0.3) is 0 Å². The van der Waals surface area contributed by atoms with E-state index in [1.807, 2.05) is 17.9 Å². The van der Waals surface area contributed by atoms with Gasteiger partial charge in [0.2, 0.25) is 0 Å². The third-order valence-electron chi connectivity index (χ3n) is 3.60. The van der Waals surface area contributed by atoms with E-state index < -0.39 is 0 Å². The van der Waals surface area contributed by atoms with Crippen LogP contribution >= 0.6 is 0 Å². The molecule has 1 heterocycles. The van der Waals surface area contributed by atoms with Crippen molar-refractivity contribution in [1.82, 2.24) is 20.3 Å². The van der Waals surface area contributed by atoms with Gasteiger partial charge in [0.05, 0.1) is 17.9 Å². The van der Waals surface area contributed by atoms with E-state index in [4.69, 9.17) is 0 Å². The van der Waals surface area contributed by atoms with Gasteiger partial charge >= 0.3 is 0 Å². The molecule has 1 aromatic rings. The molecule has 16 heavy (non-hydrogen) atoms. The number of aromatic nitrogens is 3. The van der Waals surface area contributed by atoms with Gasteiger partial charge in [-0.05, 0) is 18.9 Å². The maximum absolute atomic E-state index is 4.02. The highest BCUT2D eigenvalue weighted by Crippen LogP contribution is 2.32. The summed E-state index contributed by atoms with van der Waals surface area (Å²) in [5.74, 6) is 0.888. The Hall–Kier alpha value is -0.900. The first-order valence-electron chi connectivity index (χ1n) is 6.39. The lowest BCUT2D eigenvalue weighted by molar-refractivity contribution is 0.385. The van der Waals surface area contributed by atoms with Gasteiger partial charge in [-0.1, -0.05) is 37.8 Å². The Balaban J connectivity index is 2.01. The largest absolute Gasteiger partial charge is 0.309 e. The molecule has 2 rings (SSSR count). The van der Waals surface area contributed by atoms with Gasteiger partial charge in [0.1, 0.15) is 0 Å². The summed E-state index contributed by atoms with van der Waals surface area (Å²) in [7, 11) is 1.97. The van der Waals surface area contributed by atoms with Crippen LogP contribution in [0.25, 0.3) is 0 Å². The van der Waals surface area contributed by atoms with Crippen molar-refractivity contribution in [3.05, 3.63) is 11.9 Å². The second-order valence-corrected chi connectivity index (χ2v) is 4.78. The van der Waals surface area contributed by atoms with Crippen LogP contribution in [0.5, 0.6) is 0 Å². The Morgan fingerprint density at radius 1 is 1.50 bits per heavy atom. The average molecular weight is 222 g/mol. The van der Waals surface area contributed by atoms with Crippen molar-refractivity contribution >= 4 is 0 Å². The smallest absolute Gasteiger partial charge is 0.0753 e. The third-order valence-corrected chi connectivity index (χ3v) is 3.60. The van der Waals surface area contributed by atoms with Crippen LogP contribution in [0.1, 0.15) is 50.8 Å². The van der Waals surface area contributed by atoms with Gasteiger partial charge in [0.15, 0.2) is 0 Å². The Bertz CT molecular complexity index is 315. The van der Waals surface area contributed by atoms with Crippen molar-refractivity contribution in [3.63, 3.8) is 0 Å². The number of nitrogens with zero attached hydrogens (tertiary/aromatic N) is 3. The van der Waals surface area contributed by atoms with E-state index in [0.717, 1.165) is 12.5 Å². The summed E-state index contributed by atoms with van der Waals surface area (Å²) in [5, 5.41) is 11.5. The van der Waals surface area contributed by atoms with Gasteiger partial charge in [-0.25, -0.2) is 0 Å². The van der Waals surface area contributed by atoms with Crippen LogP contribution in [0.4, 0.5) is 0 Å². The normalized spacial score (nSPS) is 19.1. The van der Waals surface area contributed by atoms with Crippen molar-refractivity contribution in [2.75, 3.05) is 6.54 Å². The highest BCUT2D eigenvalue weighted by atomic mass is 15.4. The van der Waals surface area contributed by atoms with Crippen LogP contribution in [0, 0.1) is 5.92 Å². The van der Waals surface area contributed by atoms with E-state index in [2.05, 4.69) is 22.6 Å². The summed E-state index contributed by atoms with van der Waals surface area (Å²) in [5.41, 5.74) is 1.22. The van der Waals surface area contributed by atoms with Crippen molar-refractivity contribution in [2.45, 2.75) is 45.1 Å². The predicted molar refractivity (Wildman–Crippen MR) is 64.0 cm³/mol. The molecule has 0 saturated heterocycles. The number of nitrogens with one attached hydrogen (secondary N) is 1. The molecule has 0 aliphatic heterocycles. The topological polar surface area (TPSA) is 42.7 Å². The van der Waals surface area contributed by atoms with Crippen LogP contribution in [-0.2, 0) is 7.05 Å². The molecule has 1 N–H and O–H groups in total. The number of hydrogen-bond acceptors (Lipinski definition) is 3. The fourth-order valence-electron chi connectivity index (χ4n) is 2.75. The molecule has 0 radical (unpaired) electrons. The summed E-state index contributed by atoms with van der Waals surface area (Å²) < 4.78 is 1.89. The molecule has 0 bridgehead atoms. The van der Waals surface area contributed by atoms with Crippen LogP contribution in [0.2, 0.25) is 0 Å². The molecule has 1 aromatic heterocycles. The minimum Gasteiger partial charge on any atom is -0.309 e. The molecule has 0 amide bonds. The summed E-state index contributed by atoms with van der Waals surface area (Å²) in [6.45, 7) is 3.16. The Morgan fingerprint density at radius 2 is 2.25 bits per heavy atom. The minimum absolute atomic E-state index is 0.424. The van der Waals surface area contributed by atoms with Crippen molar-refractivity contribution in [2.24, 2.45) is 13.0 Å². The molecular weight excluding hydrogens is 200 g/mol. The van der Waals surface area contributed by atoms with Gasteiger partial charge in [-0.2, -0.15) is 0 Å². The lowest BCUT2D eigenvalue weighted by Gasteiger charge is -2.20. The molecule has 1 aliphatic rings. The molecular formula is C12H22N4.